The fourth-order valence-electron chi connectivity index (χ4n) is 2.65. The number of nitrogens with zero attached hydrogens (tertiary/aromatic N) is 3. The van der Waals surface area contributed by atoms with Crippen LogP contribution in [0.4, 0.5) is 0 Å². The highest BCUT2D eigenvalue weighted by molar-refractivity contribution is 5.97. The second-order valence-electron chi connectivity index (χ2n) is 6.00. The van der Waals surface area contributed by atoms with Gasteiger partial charge in [-0.2, -0.15) is 0 Å². The number of pyridine rings is 3. The lowest BCUT2D eigenvalue weighted by molar-refractivity contribution is 0.0957. The number of carbonyl (C=O) groups is 1. The van der Waals surface area contributed by atoms with Crippen LogP contribution < -0.4 is 15.5 Å². The molecule has 0 fully saturated rings. The van der Waals surface area contributed by atoms with E-state index in [4.69, 9.17) is 4.74 Å². The summed E-state index contributed by atoms with van der Waals surface area (Å²) in [5, 5.41) is 3.08. The number of fused-ring (bicyclic) bond motifs is 1. The highest BCUT2D eigenvalue weighted by atomic mass is 16.5. The highest BCUT2D eigenvalue weighted by Crippen LogP contribution is 2.11. The second-order valence-corrected chi connectivity index (χ2v) is 6.00. The maximum atomic E-state index is 12.7. The van der Waals surface area contributed by atoms with E-state index in [-0.39, 0.29) is 24.1 Å². The molecule has 0 aliphatic carbocycles. The summed E-state index contributed by atoms with van der Waals surface area (Å²) in [6.45, 7) is 4.69. The van der Waals surface area contributed by atoms with E-state index in [9.17, 15) is 9.59 Å². The standard InChI is InChI=1S/C21H20N4O3/c1-3-25-14-18(19(26)17-9-8-15(2)24-20(17)25)21(27)23-11-4-5-12-28-16-7-6-10-22-13-16/h6-10,13-14H,3,11-12H2,1-2H3,(H,23,27). The van der Waals surface area contributed by atoms with Crippen molar-refractivity contribution in [3.05, 3.63) is 64.3 Å². The van der Waals surface area contributed by atoms with E-state index in [1.54, 1.807) is 47.4 Å². The average Bonchev–Trinajstić information content (AvgIpc) is 2.71. The minimum atomic E-state index is -0.461. The van der Waals surface area contributed by atoms with Crippen LogP contribution in [0.1, 0.15) is 23.0 Å². The zero-order chi connectivity index (χ0) is 19.9. The molecule has 1 amide bonds. The van der Waals surface area contributed by atoms with Crippen LogP contribution in [0, 0.1) is 18.8 Å². The van der Waals surface area contributed by atoms with Crippen molar-refractivity contribution in [2.24, 2.45) is 0 Å². The Bertz CT molecular complexity index is 1110. The van der Waals surface area contributed by atoms with E-state index < -0.39 is 5.91 Å². The van der Waals surface area contributed by atoms with Gasteiger partial charge in [0, 0.05) is 24.6 Å². The molecule has 0 atom stereocenters. The molecule has 0 unspecified atom stereocenters. The summed E-state index contributed by atoms with van der Waals surface area (Å²) in [7, 11) is 0. The average molecular weight is 376 g/mol. The van der Waals surface area contributed by atoms with Gasteiger partial charge in [-0.05, 0) is 38.1 Å². The molecule has 0 radical (unpaired) electrons. The number of nitrogens with one attached hydrogen (secondary N) is 1. The molecule has 142 valence electrons. The molecule has 0 spiro atoms. The Morgan fingerprint density at radius 3 is 2.89 bits per heavy atom. The molecule has 3 aromatic rings. The van der Waals surface area contributed by atoms with Crippen molar-refractivity contribution in [3.8, 4) is 17.6 Å². The minimum absolute atomic E-state index is 0.0772. The third-order valence-corrected chi connectivity index (χ3v) is 4.05. The summed E-state index contributed by atoms with van der Waals surface area (Å²) in [5.41, 5.74) is 1.14. The van der Waals surface area contributed by atoms with Gasteiger partial charge in [0.05, 0.1) is 18.1 Å². The van der Waals surface area contributed by atoms with Crippen molar-refractivity contribution >= 4 is 16.9 Å². The largest absolute Gasteiger partial charge is 0.479 e. The van der Waals surface area contributed by atoms with Gasteiger partial charge in [-0.3, -0.25) is 14.6 Å². The molecule has 3 rings (SSSR count). The fraction of sp³-hybridized carbons (Fsp3) is 0.238. The van der Waals surface area contributed by atoms with Gasteiger partial charge >= 0.3 is 0 Å². The van der Waals surface area contributed by atoms with Gasteiger partial charge in [0.1, 0.15) is 23.6 Å². The van der Waals surface area contributed by atoms with E-state index in [0.717, 1.165) is 5.69 Å². The molecule has 0 aliphatic heterocycles. The Balaban J connectivity index is 1.67. The predicted octanol–water partition coefficient (Wildman–Crippen LogP) is 1.93. The summed E-state index contributed by atoms with van der Waals surface area (Å²) < 4.78 is 7.19. The SMILES string of the molecule is CCn1cc(C(=O)NCC#CCOc2cccnc2)c(=O)c2ccc(C)nc21. The first-order valence-corrected chi connectivity index (χ1v) is 8.87. The van der Waals surface area contributed by atoms with Gasteiger partial charge in [-0.25, -0.2) is 4.98 Å². The summed E-state index contributed by atoms with van der Waals surface area (Å²) >= 11 is 0. The Labute approximate surface area is 162 Å². The number of amides is 1. The van der Waals surface area contributed by atoms with Gasteiger partial charge in [0.25, 0.3) is 5.91 Å². The Morgan fingerprint density at radius 2 is 2.14 bits per heavy atom. The fourth-order valence-corrected chi connectivity index (χ4v) is 2.65. The lowest BCUT2D eigenvalue weighted by Crippen LogP contribution is -2.30. The molecule has 1 N–H and O–H groups in total. The molecule has 0 aromatic carbocycles. The van der Waals surface area contributed by atoms with Crippen LogP contribution in [0.5, 0.6) is 5.75 Å². The number of hydrogen-bond donors (Lipinski definition) is 1. The molecule has 0 saturated heterocycles. The Hall–Kier alpha value is -3.66. The van der Waals surface area contributed by atoms with Gasteiger partial charge in [-0.15, -0.1) is 0 Å². The van der Waals surface area contributed by atoms with Gasteiger partial charge in [0.15, 0.2) is 0 Å². The first-order valence-electron chi connectivity index (χ1n) is 8.87. The van der Waals surface area contributed by atoms with E-state index in [1.807, 2.05) is 13.8 Å². The molecule has 0 saturated carbocycles. The van der Waals surface area contributed by atoms with Crippen molar-refractivity contribution < 1.29 is 9.53 Å². The van der Waals surface area contributed by atoms with Crippen LogP contribution in [0.3, 0.4) is 0 Å². The number of carbonyl (C=O) groups excluding carboxylic acids is 1. The maximum Gasteiger partial charge on any atom is 0.257 e. The molecule has 3 heterocycles. The van der Waals surface area contributed by atoms with Gasteiger partial charge in [0.2, 0.25) is 5.43 Å². The lowest BCUT2D eigenvalue weighted by Gasteiger charge is -2.11. The summed E-state index contributed by atoms with van der Waals surface area (Å²) in [6, 6.07) is 7.02. The number of aromatic nitrogens is 3. The summed E-state index contributed by atoms with van der Waals surface area (Å²) in [6.07, 6.45) is 4.80. The number of aryl methyl sites for hydroxylation is 2. The molecule has 0 bridgehead atoms. The zero-order valence-electron chi connectivity index (χ0n) is 15.7. The van der Waals surface area contributed by atoms with Crippen molar-refractivity contribution in [1.29, 1.82) is 0 Å². The zero-order valence-corrected chi connectivity index (χ0v) is 15.7. The van der Waals surface area contributed by atoms with Crippen molar-refractivity contribution in [2.45, 2.75) is 20.4 Å². The molecule has 3 aromatic heterocycles. The van der Waals surface area contributed by atoms with Crippen LogP contribution in [-0.2, 0) is 6.54 Å². The summed E-state index contributed by atoms with van der Waals surface area (Å²) in [5.74, 6) is 5.77. The number of rotatable bonds is 5. The molecule has 7 nitrogen and oxygen atoms in total. The first-order chi connectivity index (χ1) is 13.6. The van der Waals surface area contributed by atoms with Gasteiger partial charge < -0.3 is 14.6 Å². The molecule has 7 heteroatoms. The van der Waals surface area contributed by atoms with Crippen LogP contribution in [-0.4, -0.2) is 33.6 Å². The molecule has 0 aliphatic rings. The van der Waals surface area contributed by atoms with E-state index >= 15 is 0 Å². The van der Waals surface area contributed by atoms with Crippen LogP contribution in [0.15, 0.2) is 47.7 Å². The van der Waals surface area contributed by atoms with Crippen molar-refractivity contribution in [1.82, 2.24) is 19.9 Å². The number of ether oxygens (including phenoxy) is 1. The second kappa shape index (κ2) is 8.82. The quantitative estimate of drug-likeness (QED) is 0.688. The van der Waals surface area contributed by atoms with Crippen molar-refractivity contribution in [3.63, 3.8) is 0 Å². The highest BCUT2D eigenvalue weighted by Gasteiger charge is 2.15. The van der Waals surface area contributed by atoms with E-state index in [0.29, 0.717) is 23.3 Å². The molecular weight excluding hydrogens is 356 g/mol. The molecule has 28 heavy (non-hydrogen) atoms. The van der Waals surface area contributed by atoms with Crippen LogP contribution in [0.25, 0.3) is 11.0 Å². The van der Waals surface area contributed by atoms with Crippen molar-refractivity contribution in [2.75, 3.05) is 13.2 Å². The minimum Gasteiger partial charge on any atom is -0.479 e. The van der Waals surface area contributed by atoms with Crippen LogP contribution in [0.2, 0.25) is 0 Å². The van der Waals surface area contributed by atoms with Crippen LogP contribution >= 0.6 is 0 Å². The normalized spacial score (nSPS) is 10.2. The van der Waals surface area contributed by atoms with Gasteiger partial charge in [-0.1, -0.05) is 11.8 Å². The third-order valence-electron chi connectivity index (χ3n) is 4.05. The maximum absolute atomic E-state index is 12.7. The monoisotopic (exact) mass is 376 g/mol. The topological polar surface area (TPSA) is 86.1 Å². The lowest BCUT2D eigenvalue weighted by atomic mass is 10.1. The smallest absolute Gasteiger partial charge is 0.257 e. The predicted molar refractivity (Wildman–Crippen MR) is 106 cm³/mol. The number of hydrogen-bond acceptors (Lipinski definition) is 5. The first kappa shape index (κ1) is 19.1. The Kier molecular flexibility index (Phi) is 6.02. The Morgan fingerprint density at radius 1 is 1.29 bits per heavy atom. The van der Waals surface area contributed by atoms with E-state index in [1.165, 1.54) is 0 Å². The summed E-state index contributed by atoms with van der Waals surface area (Å²) in [4.78, 5) is 33.5. The third kappa shape index (κ3) is 4.35. The van der Waals surface area contributed by atoms with E-state index in [2.05, 4.69) is 27.1 Å². The molecular formula is C21H20N4O3.